The van der Waals surface area contributed by atoms with Crippen LogP contribution in [-0.4, -0.2) is 51.4 Å². The molecular formula is C31H34F5NO4. The van der Waals surface area contributed by atoms with E-state index in [1.807, 2.05) is 0 Å². The Kier molecular flexibility index (Phi) is 7.24. The Bertz CT molecular complexity index is 1360. The van der Waals surface area contributed by atoms with Crippen molar-refractivity contribution in [3.8, 4) is 0 Å². The first-order chi connectivity index (χ1) is 19.1. The van der Waals surface area contributed by atoms with E-state index in [1.54, 1.807) is 24.0 Å². The molecule has 3 unspecified atom stereocenters. The molecule has 10 heteroatoms. The van der Waals surface area contributed by atoms with E-state index >= 15 is 0 Å². The van der Waals surface area contributed by atoms with Crippen LogP contribution >= 0.6 is 0 Å². The molecule has 0 radical (unpaired) electrons. The maximum absolute atomic E-state index is 14.9. The summed E-state index contributed by atoms with van der Waals surface area (Å²) in [6.45, 7) is 2.44. The second-order valence-electron chi connectivity index (χ2n) is 12.2. The number of aliphatic hydroxyl groups is 1. The number of likely N-dealkylation sites (tertiary alicyclic amines) is 1. The van der Waals surface area contributed by atoms with Crippen molar-refractivity contribution in [2.45, 2.75) is 94.1 Å². The summed E-state index contributed by atoms with van der Waals surface area (Å²) in [5.41, 5.74) is -3.90. The van der Waals surface area contributed by atoms with Crippen molar-refractivity contribution < 1.29 is 41.8 Å². The van der Waals surface area contributed by atoms with E-state index in [0.29, 0.717) is 50.3 Å². The number of hydrogen-bond acceptors (Lipinski definition) is 3. The summed E-state index contributed by atoms with van der Waals surface area (Å²) in [6.07, 6.45) is -3.13. The number of carboxylic acid groups (broad SMARTS) is 1. The lowest BCUT2D eigenvalue weighted by Gasteiger charge is -2.46. The molecule has 1 heterocycles. The predicted molar refractivity (Wildman–Crippen MR) is 140 cm³/mol. The molecule has 3 atom stereocenters. The number of halogens is 5. The number of carbonyl (C=O) groups is 2. The molecule has 5 rings (SSSR count). The van der Waals surface area contributed by atoms with Gasteiger partial charge in [-0.2, -0.15) is 13.2 Å². The largest absolute Gasteiger partial charge is 0.481 e. The monoisotopic (exact) mass is 579 g/mol. The van der Waals surface area contributed by atoms with Gasteiger partial charge < -0.3 is 15.1 Å². The number of nitrogens with zero attached hydrogens (tertiary/aromatic N) is 1. The summed E-state index contributed by atoms with van der Waals surface area (Å²) < 4.78 is 69.5. The van der Waals surface area contributed by atoms with Crippen LogP contribution in [0.25, 0.3) is 0 Å². The van der Waals surface area contributed by atoms with E-state index in [9.17, 15) is 41.8 Å². The Morgan fingerprint density at radius 3 is 2.32 bits per heavy atom. The number of rotatable bonds is 5. The number of hydrogen-bond donors (Lipinski definition) is 2. The molecule has 0 bridgehead atoms. The van der Waals surface area contributed by atoms with Crippen LogP contribution in [0.5, 0.6) is 0 Å². The van der Waals surface area contributed by atoms with Crippen molar-refractivity contribution in [1.29, 1.82) is 0 Å². The van der Waals surface area contributed by atoms with Gasteiger partial charge in [0, 0.05) is 18.0 Å². The summed E-state index contributed by atoms with van der Waals surface area (Å²) in [5.74, 6) is -2.39. The Labute approximate surface area is 235 Å². The van der Waals surface area contributed by atoms with Crippen LogP contribution in [0, 0.1) is 18.7 Å². The van der Waals surface area contributed by atoms with Crippen molar-refractivity contribution in [3.63, 3.8) is 0 Å². The average Bonchev–Trinajstić information content (AvgIpc) is 3.28. The normalized spacial score (nSPS) is 29.4. The lowest BCUT2D eigenvalue weighted by Crippen LogP contribution is -2.56. The maximum atomic E-state index is 14.9. The Morgan fingerprint density at radius 2 is 1.71 bits per heavy atom. The molecule has 222 valence electrons. The zero-order chi connectivity index (χ0) is 30.0. The molecule has 2 aromatic rings. The standard InChI is InChI=1S/C31H34F5NO4/c1-18-15-19(3-7-24(18)32)17-29-13-14-37(27(40)30(41)11-9-20(10-12-30)26(38)39)25(29)8-4-21-16-22(5-6-23(21)29)28(2,33)31(34,35)36/h3,5-7,15-16,20,25,41H,4,8-14,17H2,1-2H3,(H,38,39). The first-order valence-corrected chi connectivity index (χ1v) is 14.0. The van der Waals surface area contributed by atoms with Crippen LogP contribution in [0.3, 0.4) is 0 Å². The van der Waals surface area contributed by atoms with Crippen LogP contribution in [0.4, 0.5) is 22.0 Å². The molecule has 0 aromatic heterocycles. The fourth-order valence-electron chi connectivity index (χ4n) is 7.27. The number of amides is 1. The van der Waals surface area contributed by atoms with Crippen molar-refractivity contribution >= 4 is 11.9 Å². The number of fused-ring (bicyclic) bond motifs is 3. The van der Waals surface area contributed by atoms with Crippen molar-refractivity contribution in [3.05, 3.63) is 70.0 Å². The number of aliphatic carboxylic acids is 1. The van der Waals surface area contributed by atoms with Gasteiger partial charge in [0.25, 0.3) is 5.91 Å². The number of aryl methyl sites for hydroxylation is 2. The minimum absolute atomic E-state index is 0.0304. The van der Waals surface area contributed by atoms with Crippen LogP contribution in [-0.2, 0) is 33.5 Å². The molecule has 2 aromatic carbocycles. The Hall–Kier alpha value is -3.01. The molecule has 1 amide bonds. The molecule has 3 aliphatic rings. The summed E-state index contributed by atoms with van der Waals surface area (Å²) in [4.78, 5) is 26.9. The van der Waals surface area contributed by atoms with Gasteiger partial charge >= 0.3 is 12.1 Å². The number of benzene rings is 2. The highest BCUT2D eigenvalue weighted by atomic mass is 19.4. The van der Waals surface area contributed by atoms with Gasteiger partial charge in [-0.15, -0.1) is 0 Å². The molecule has 41 heavy (non-hydrogen) atoms. The first-order valence-electron chi connectivity index (χ1n) is 14.0. The quantitative estimate of drug-likeness (QED) is 0.432. The summed E-state index contributed by atoms with van der Waals surface area (Å²) in [6, 6.07) is 8.32. The third-order valence-corrected chi connectivity index (χ3v) is 9.78. The van der Waals surface area contributed by atoms with E-state index in [0.717, 1.165) is 17.2 Å². The molecule has 1 saturated carbocycles. The smallest absolute Gasteiger partial charge is 0.426 e. The fourth-order valence-corrected chi connectivity index (χ4v) is 7.27. The Morgan fingerprint density at radius 1 is 1.02 bits per heavy atom. The van der Waals surface area contributed by atoms with E-state index in [4.69, 9.17) is 0 Å². The summed E-state index contributed by atoms with van der Waals surface area (Å²) in [7, 11) is 0. The molecule has 1 saturated heterocycles. The number of carboxylic acids is 1. The van der Waals surface area contributed by atoms with Crippen LogP contribution in [0.1, 0.15) is 73.3 Å². The SMILES string of the molecule is Cc1cc(CC23CCN(C(=O)C4(O)CCC(C(=O)O)CC4)C2CCc2cc(C(C)(F)C(F)(F)F)ccc23)ccc1F. The van der Waals surface area contributed by atoms with Crippen molar-refractivity contribution in [2.24, 2.45) is 5.92 Å². The minimum atomic E-state index is -5.09. The highest BCUT2D eigenvalue weighted by Gasteiger charge is 2.57. The zero-order valence-corrected chi connectivity index (χ0v) is 23.0. The average molecular weight is 580 g/mol. The zero-order valence-electron chi connectivity index (χ0n) is 23.0. The minimum Gasteiger partial charge on any atom is -0.481 e. The lowest BCUT2D eigenvalue weighted by atomic mass is 9.63. The summed E-state index contributed by atoms with van der Waals surface area (Å²) >= 11 is 0. The van der Waals surface area contributed by atoms with Gasteiger partial charge in [0.1, 0.15) is 11.4 Å². The van der Waals surface area contributed by atoms with E-state index in [2.05, 4.69) is 0 Å². The van der Waals surface area contributed by atoms with Gasteiger partial charge in [-0.25, -0.2) is 8.78 Å². The molecule has 2 fully saturated rings. The Balaban J connectivity index is 1.53. The molecule has 1 aliphatic heterocycles. The maximum Gasteiger partial charge on any atom is 0.426 e. The molecule has 0 spiro atoms. The van der Waals surface area contributed by atoms with E-state index in [1.165, 1.54) is 18.2 Å². The highest BCUT2D eigenvalue weighted by molar-refractivity contribution is 5.86. The van der Waals surface area contributed by atoms with Crippen LogP contribution in [0.15, 0.2) is 36.4 Å². The van der Waals surface area contributed by atoms with E-state index in [-0.39, 0.29) is 31.5 Å². The van der Waals surface area contributed by atoms with Gasteiger partial charge in [0.15, 0.2) is 0 Å². The lowest BCUT2D eigenvalue weighted by molar-refractivity contribution is -0.228. The number of alkyl halides is 4. The predicted octanol–water partition coefficient (Wildman–Crippen LogP) is 5.91. The van der Waals surface area contributed by atoms with Crippen molar-refractivity contribution in [1.82, 2.24) is 4.90 Å². The van der Waals surface area contributed by atoms with Gasteiger partial charge in [-0.3, -0.25) is 9.59 Å². The van der Waals surface area contributed by atoms with E-state index < -0.39 is 52.3 Å². The molecular weight excluding hydrogens is 545 g/mol. The number of carbonyl (C=O) groups excluding carboxylic acids is 1. The first kappa shape index (κ1) is 29.5. The second-order valence-corrected chi connectivity index (χ2v) is 12.2. The summed E-state index contributed by atoms with van der Waals surface area (Å²) in [5, 5.41) is 20.7. The van der Waals surface area contributed by atoms with Crippen LogP contribution < -0.4 is 0 Å². The second kappa shape index (κ2) is 10.1. The topological polar surface area (TPSA) is 77.8 Å². The van der Waals surface area contributed by atoms with Gasteiger partial charge in [0.05, 0.1) is 5.92 Å². The van der Waals surface area contributed by atoms with Crippen LogP contribution in [0.2, 0.25) is 0 Å². The molecule has 2 N–H and O–H groups in total. The fraction of sp³-hybridized carbons (Fsp3) is 0.548. The van der Waals surface area contributed by atoms with Gasteiger partial charge in [-0.1, -0.05) is 30.3 Å². The van der Waals surface area contributed by atoms with Gasteiger partial charge in [0.2, 0.25) is 5.67 Å². The molecule has 5 nitrogen and oxygen atoms in total. The highest BCUT2D eigenvalue weighted by Crippen LogP contribution is 2.52. The van der Waals surface area contributed by atoms with Gasteiger partial charge in [-0.05, 0) is 99.1 Å². The van der Waals surface area contributed by atoms with Crippen molar-refractivity contribution in [2.75, 3.05) is 6.54 Å². The third-order valence-electron chi connectivity index (χ3n) is 9.78. The third kappa shape index (κ3) is 4.91. The molecule has 2 aliphatic carbocycles.